The van der Waals surface area contributed by atoms with E-state index in [-0.39, 0.29) is 21.7 Å². The molecule has 2 N–H and O–H groups in total. The van der Waals surface area contributed by atoms with E-state index in [1.165, 1.54) is 30.7 Å². The summed E-state index contributed by atoms with van der Waals surface area (Å²) in [6.07, 6.45) is 8.27. The number of benzene rings is 1. The lowest BCUT2D eigenvalue weighted by Crippen LogP contribution is -2.25. The second-order valence-corrected chi connectivity index (χ2v) is 9.40. The molecule has 2 unspecified atom stereocenters. The summed E-state index contributed by atoms with van der Waals surface area (Å²) in [7, 11) is -3.48. The molecule has 1 saturated carbocycles. The summed E-state index contributed by atoms with van der Waals surface area (Å²) in [6.45, 7) is 0. The summed E-state index contributed by atoms with van der Waals surface area (Å²) in [4.78, 5) is 21.0. The summed E-state index contributed by atoms with van der Waals surface area (Å²) in [5, 5.41) is 15.4. The smallest absolute Gasteiger partial charge is 0.233 e. The quantitative estimate of drug-likeness (QED) is 0.529. The maximum atomic E-state index is 13.0. The van der Waals surface area contributed by atoms with Gasteiger partial charge in [-0.25, -0.2) is 13.4 Å². The fourth-order valence-electron chi connectivity index (χ4n) is 3.58. The van der Waals surface area contributed by atoms with Gasteiger partial charge >= 0.3 is 0 Å². The topological polar surface area (TPSA) is 122 Å². The van der Waals surface area contributed by atoms with E-state index in [9.17, 15) is 18.4 Å². The van der Waals surface area contributed by atoms with Gasteiger partial charge in [0.25, 0.3) is 0 Å². The van der Waals surface area contributed by atoms with E-state index in [2.05, 4.69) is 20.4 Å². The second-order valence-electron chi connectivity index (χ2n) is 7.01. The predicted molar refractivity (Wildman–Crippen MR) is 109 cm³/mol. The Morgan fingerprint density at radius 3 is 2.83 bits per heavy atom. The highest BCUT2D eigenvalue weighted by molar-refractivity contribution is 7.90. The van der Waals surface area contributed by atoms with Crippen LogP contribution in [0.25, 0.3) is 0 Å². The summed E-state index contributed by atoms with van der Waals surface area (Å²) in [6, 6.07) is 4.50. The number of nitrogens with zero attached hydrogens (tertiary/aromatic N) is 3. The molecule has 1 amide bonds. The van der Waals surface area contributed by atoms with Crippen molar-refractivity contribution in [3.8, 4) is 0 Å². The maximum absolute atomic E-state index is 13.0. The van der Waals surface area contributed by atoms with Gasteiger partial charge in [0.05, 0.1) is 27.7 Å². The molecule has 3 rings (SSSR count). The van der Waals surface area contributed by atoms with Crippen LogP contribution in [0.5, 0.6) is 0 Å². The first-order chi connectivity index (χ1) is 13.8. The van der Waals surface area contributed by atoms with Gasteiger partial charge < -0.3 is 10.5 Å². The number of nitrogens with one attached hydrogen (secondary N) is 1. The average Bonchev–Trinajstić information content (AvgIpc) is 3.13. The van der Waals surface area contributed by atoms with Gasteiger partial charge in [-0.15, -0.1) is 0 Å². The maximum Gasteiger partial charge on any atom is 0.233 e. The lowest BCUT2D eigenvalue weighted by molar-refractivity contribution is -0.117. The van der Waals surface area contributed by atoms with Crippen molar-refractivity contribution in [1.82, 2.24) is 9.97 Å². The van der Waals surface area contributed by atoms with E-state index in [1.54, 1.807) is 6.07 Å². The Morgan fingerprint density at radius 1 is 1.41 bits per heavy atom. The average molecular weight is 437 g/mol. The molecule has 1 aliphatic rings. The molecule has 29 heavy (non-hydrogen) atoms. The molecule has 10 heteroatoms. The molecule has 1 aromatic heterocycles. The van der Waals surface area contributed by atoms with Crippen LogP contribution in [-0.2, 0) is 14.6 Å². The summed E-state index contributed by atoms with van der Waals surface area (Å²) in [5.41, 5.74) is 1.24. The molecule has 0 bridgehead atoms. The molecule has 2 atom stereocenters. The van der Waals surface area contributed by atoms with E-state index in [0.29, 0.717) is 29.9 Å². The SMILES string of the molecule is CS(=O)(=O)c1ccc(C(CC2CCC/C2=N/O)C(=O)Nc2cnccn2)cc1Cl. The van der Waals surface area contributed by atoms with Crippen LogP contribution in [0, 0.1) is 5.92 Å². The van der Waals surface area contributed by atoms with Gasteiger partial charge in [0, 0.05) is 24.6 Å². The van der Waals surface area contributed by atoms with Crippen molar-refractivity contribution in [2.45, 2.75) is 36.5 Å². The molecule has 0 saturated heterocycles. The Kier molecular flexibility index (Phi) is 6.49. The molecule has 154 valence electrons. The summed E-state index contributed by atoms with van der Waals surface area (Å²) in [5.74, 6) is -0.699. The van der Waals surface area contributed by atoms with Crippen LogP contribution in [0.4, 0.5) is 5.82 Å². The van der Waals surface area contributed by atoms with Gasteiger partial charge in [-0.05, 0) is 43.4 Å². The molecule has 1 fully saturated rings. The highest BCUT2D eigenvalue weighted by atomic mass is 35.5. The van der Waals surface area contributed by atoms with Gasteiger partial charge in [-0.3, -0.25) is 9.78 Å². The number of rotatable bonds is 6. The van der Waals surface area contributed by atoms with Crippen LogP contribution in [-0.4, -0.2) is 41.5 Å². The van der Waals surface area contributed by atoms with Gasteiger partial charge in [-0.1, -0.05) is 22.8 Å². The minimum Gasteiger partial charge on any atom is -0.411 e. The molecule has 1 aliphatic carbocycles. The number of hydrogen-bond acceptors (Lipinski definition) is 7. The molecule has 0 spiro atoms. The fraction of sp³-hybridized carbons (Fsp3) is 0.368. The molecular weight excluding hydrogens is 416 g/mol. The van der Waals surface area contributed by atoms with Crippen LogP contribution in [0.1, 0.15) is 37.2 Å². The third-order valence-corrected chi connectivity index (χ3v) is 6.57. The molecular formula is C19H21ClN4O4S. The number of oxime groups is 1. The van der Waals surface area contributed by atoms with E-state index in [4.69, 9.17) is 11.6 Å². The molecule has 1 aromatic carbocycles. The molecule has 0 radical (unpaired) electrons. The van der Waals surface area contributed by atoms with Crippen LogP contribution in [0.2, 0.25) is 5.02 Å². The molecule has 8 nitrogen and oxygen atoms in total. The lowest BCUT2D eigenvalue weighted by Gasteiger charge is -2.21. The minimum atomic E-state index is -3.48. The number of aromatic nitrogens is 2. The van der Waals surface area contributed by atoms with Crippen molar-refractivity contribution in [1.29, 1.82) is 0 Å². The minimum absolute atomic E-state index is 0.00877. The first kappa shape index (κ1) is 21.2. The normalized spacial score (nSPS) is 19.2. The zero-order valence-electron chi connectivity index (χ0n) is 15.7. The number of anilines is 1. The van der Waals surface area contributed by atoms with Crippen molar-refractivity contribution in [3.05, 3.63) is 47.4 Å². The van der Waals surface area contributed by atoms with E-state index in [0.717, 1.165) is 19.1 Å². The largest absolute Gasteiger partial charge is 0.411 e. The Morgan fingerprint density at radius 2 is 2.21 bits per heavy atom. The Hall–Kier alpha value is -2.52. The van der Waals surface area contributed by atoms with Crippen LogP contribution in [0.15, 0.2) is 46.8 Å². The fourth-order valence-corrected chi connectivity index (χ4v) is 4.91. The van der Waals surface area contributed by atoms with Crippen molar-refractivity contribution < 1.29 is 18.4 Å². The third-order valence-electron chi connectivity index (χ3n) is 4.99. The summed E-state index contributed by atoms with van der Waals surface area (Å²) < 4.78 is 23.7. The van der Waals surface area contributed by atoms with Gasteiger partial charge in [0.1, 0.15) is 0 Å². The second kappa shape index (κ2) is 8.87. The monoisotopic (exact) mass is 436 g/mol. The van der Waals surface area contributed by atoms with Crippen molar-refractivity contribution >= 4 is 38.9 Å². The number of halogens is 1. The van der Waals surface area contributed by atoms with Crippen LogP contribution >= 0.6 is 11.6 Å². The zero-order valence-corrected chi connectivity index (χ0v) is 17.3. The number of amides is 1. The zero-order chi connectivity index (χ0) is 21.0. The highest BCUT2D eigenvalue weighted by Crippen LogP contribution is 2.35. The Labute approximate surface area is 173 Å². The first-order valence-corrected chi connectivity index (χ1v) is 11.3. The highest BCUT2D eigenvalue weighted by Gasteiger charge is 2.31. The number of carbonyl (C=O) groups excluding carboxylic acids is 1. The molecule has 0 aliphatic heterocycles. The number of hydrogen-bond donors (Lipinski definition) is 2. The van der Waals surface area contributed by atoms with Crippen molar-refractivity contribution in [3.63, 3.8) is 0 Å². The summed E-state index contributed by atoms with van der Waals surface area (Å²) >= 11 is 6.20. The van der Waals surface area contributed by atoms with Crippen LogP contribution in [0.3, 0.4) is 0 Å². The number of sulfone groups is 1. The van der Waals surface area contributed by atoms with Gasteiger partial charge in [0.15, 0.2) is 15.7 Å². The molecule has 2 aromatic rings. The predicted octanol–water partition coefficient (Wildman–Crippen LogP) is 3.28. The molecule has 1 heterocycles. The van der Waals surface area contributed by atoms with E-state index in [1.807, 2.05) is 0 Å². The Balaban J connectivity index is 1.94. The van der Waals surface area contributed by atoms with Crippen LogP contribution < -0.4 is 5.32 Å². The van der Waals surface area contributed by atoms with Gasteiger partial charge in [-0.2, -0.15) is 0 Å². The number of carbonyl (C=O) groups is 1. The van der Waals surface area contributed by atoms with Gasteiger partial charge in [0.2, 0.25) is 5.91 Å². The van der Waals surface area contributed by atoms with Crippen molar-refractivity contribution in [2.75, 3.05) is 11.6 Å². The standard InChI is InChI=1S/C19H21ClN4O4S/c1-29(27,28)17-6-5-12(10-15(17)20)14(9-13-3-2-4-16(13)24-26)19(25)23-18-11-21-7-8-22-18/h5-8,10-11,13-14,26H,2-4,9H2,1H3,(H,22,23,25)/b24-16-. The van der Waals surface area contributed by atoms with E-state index >= 15 is 0 Å². The van der Waals surface area contributed by atoms with E-state index < -0.39 is 15.8 Å². The lowest BCUT2D eigenvalue weighted by atomic mass is 9.86. The van der Waals surface area contributed by atoms with Crippen molar-refractivity contribution in [2.24, 2.45) is 11.1 Å². The Bertz CT molecular complexity index is 1030. The first-order valence-electron chi connectivity index (χ1n) is 9.06. The third kappa shape index (κ3) is 5.10.